The lowest BCUT2D eigenvalue weighted by Gasteiger charge is -2.42. The highest BCUT2D eigenvalue weighted by molar-refractivity contribution is 5.23. The summed E-state index contributed by atoms with van der Waals surface area (Å²) in [5, 5.41) is 0. The lowest BCUT2D eigenvalue weighted by atomic mass is 9.83. The van der Waals surface area contributed by atoms with Gasteiger partial charge in [-0.1, -0.05) is 35.9 Å². The average Bonchev–Trinajstić information content (AvgIpc) is 2.48. The molecule has 0 aliphatic carbocycles. The van der Waals surface area contributed by atoms with E-state index in [2.05, 4.69) is 42.2 Å². The van der Waals surface area contributed by atoms with Gasteiger partial charge in [0.05, 0.1) is 0 Å². The summed E-state index contributed by atoms with van der Waals surface area (Å²) < 4.78 is 2.00. The average molecular weight is 294 g/mol. The minimum absolute atomic E-state index is 0.166. The number of piperidine rings is 1. The van der Waals surface area contributed by atoms with Gasteiger partial charge in [0.1, 0.15) is 0 Å². The topological polar surface area (TPSA) is 25.2 Å². The maximum absolute atomic E-state index is 12.1. The Hall–Kier alpha value is -1.87. The van der Waals surface area contributed by atoms with E-state index in [1.165, 1.54) is 23.2 Å². The van der Waals surface area contributed by atoms with Crippen molar-refractivity contribution in [2.45, 2.75) is 32.4 Å². The van der Waals surface area contributed by atoms with E-state index in [4.69, 9.17) is 0 Å². The van der Waals surface area contributed by atoms with Crippen LogP contribution in [0.5, 0.6) is 0 Å². The van der Waals surface area contributed by atoms with E-state index in [1.807, 2.05) is 10.6 Å². The molecule has 0 saturated carbocycles. The Kier molecular flexibility index (Phi) is 3.38. The standard InChI is InChI=1S/C19H22N2O/c1-14-4-2-5-15(8-14)10-20-11-16-9-17(13-20)18-6-3-7-19(22)21(18)12-16/h2-8,16-17H,9-13H2,1H3/t16-,17+/m1/s1. The minimum Gasteiger partial charge on any atom is -0.312 e. The molecule has 2 aliphatic rings. The van der Waals surface area contributed by atoms with Gasteiger partial charge in [0.15, 0.2) is 0 Å². The molecule has 114 valence electrons. The molecule has 2 aliphatic heterocycles. The fraction of sp³-hybridized carbons (Fsp3) is 0.421. The lowest BCUT2D eigenvalue weighted by Crippen LogP contribution is -2.46. The number of benzene rings is 1. The number of aryl methyl sites for hydroxylation is 1. The molecule has 1 aromatic heterocycles. The Morgan fingerprint density at radius 3 is 2.82 bits per heavy atom. The molecular formula is C19H22N2O. The Morgan fingerprint density at radius 1 is 1.09 bits per heavy atom. The van der Waals surface area contributed by atoms with Gasteiger partial charge < -0.3 is 4.57 Å². The van der Waals surface area contributed by atoms with Gasteiger partial charge in [0.25, 0.3) is 5.56 Å². The van der Waals surface area contributed by atoms with Gasteiger partial charge in [0.2, 0.25) is 0 Å². The molecule has 3 heteroatoms. The van der Waals surface area contributed by atoms with E-state index < -0.39 is 0 Å². The van der Waals surface area contributed by atoms with Crippen LogP contribution in [-0.2, 0) is 13.1 Å². The van der Waals surface area contributed by atoms with Crippen LogP contribution in [0.3, 0.4) is 0 Å². The van der Waals surface area contributed by atoms with E-state index in [0.717, 1.165) is 26.2 Å². The SMILES string of the molecule is Cc1cccc(CN2C[C@H]3C[C@@H](C2)c2cccc(=O)n2C3)c1. The molecule has 1 fully saturated rings. The zero-order chi connectivity index (χ0) is 15.1. The largest absolute Gasteiger partial charge is 0.312 e. The first-order valence-corrected chi connectivity index (χ1v) is 8.17. The summed E-state index contributed by atoms with van der Waals surface area (Å²) in [7, 11) is 0. The van der Waals surface area contributed by atoms with Gasteiger partial charge in [-0.25, -0.2) is 0 Å². The van der Waals surface area contributed by atoms with Crippen LogP contribution in [0, 0.1) is 12.8 Å². The molecule has 3 heterocycles. The quantitative estimate of drug-likeness (QED) is 0.851. The van der Waals surface area contributed by atoms with Crippen molar-refractivity contribution in [1.29, 1.82) is 0 Å². The first kappa shape index (κ1) is 13.8. The van der Waals surface area contributed by atoms with Crippen molar-refractivity contribution in [3.8, 4) is 0 Å². The van der Waals surface area contributed by atoms with Crippen LogP contribution in [-0.4, -0.2) is 22.6 Å². The van der Waals surface area contributed by atoms with E-state index in [0.29, 0.717) is 11.8 Å². The van der Waals surface area contributed by atoms with E-state index in [1.54, 1.807) is 6.07 Å². The lowest BCUT2D eigenvalue weighted by molar-refractivity contribution is 0.114. The van der Waals surface area contributed by atoms with E-state index in [9.17, 15) is 4.79 Å². The molecule has 0 amide bonds. The third kappa shape index (κ3) is 2.50. The minimum atomic E-state index is 0.166. The second-order valence-corrected chi connectivity index (χ2v) is 6.88. The number of likely N-dealkylation sites (tertiary alicyclic amines) is 1. The molecule has 1 aromatic carbocycles. The van der Waals surface area contributed by atoms with Gasteiger partial charge in [0, 0.05) is 43.9 Å². The molecular weight excluding hydrogens is 272 g/mol. The molecule has 3 nitrogen and oxygen atoms in total. The highest BCUT2D eigenvalue weighted by Crippen LogP contribution is 2.35. The Labute approximate surface area is 131 Å². The maximum Gasteiger partial charge on any atom is 0.250 e. The Morgan fingerprint density at radius 2 is 1.95 bits per heavy atom. The summed E-state index contributed by atoms with van der Waals surface area (Å²) in [6.07, 6.45) is 1.23. The summed E-state index contributed by atoms with van der Waals surface area (Å²) >= 11 is 0. The van der Waals surface area contributed by atoms with E-state index in [-0.39, 0.29) is 5.56 Å². The smallest absolute Gasteiger partial charge is 0.250 e. The predicted molar refractivity (Wildman–Crippen MR) is 88.0 cm³/mol. The molecule has 0 unspecified atom stereocenters. The monoisotopic (exact) mass is 294 g/mol. The van der Waals surface area contributed by atoms with Crippen LogP contribution >= 0.6 is 0 Å². The van der Waals surface area contributed by atoms with Crippen molar-refractivity contribution in [3.63, 3.8) is 0 Å². The first-order valence-electron chi connectivity index (χ1n) is 8.17. The van der Waals surface area contributed by atoms with Crippen LogP contribution in [0.15, 0.2) is 47.3 Å². The summed E-state index contributed by atoms with van der Waals surface area (Å²) in [5.74, 6) is 1.11. The molecule has 1 saturated heterocycles. The van der Waals surface area contributed by atoms with Crippen LogP contribution in [0.4, 0.5) is 0 Å². The van der Waals surface area contributed by atoms with Crippen molar-refractivity contribution in [1.82, 2.24) is 9.47 Å². The maximum atomic E-state index is 12.1. The highest BCUT2D eigenvalue weighted by Gasteiger charge is 2.34. The number of nitrogens with zero attached hydrogens (tertiary/aromatic N) is 2. The number of aromatic nitrogens is 1. The summed E-state index contributed by atoms with van der Waals surface area (Å²) in [4.78, 5) is 14.6. The Bertz CT molecular complexity index is 749. The van der Waals surface area contributed by atoms with Crippen LogP contribution in [0.2, 0.25) is 0 Å². The number of hydrogen-bond donors (Lipinski definition) is 0. The van der Waals surface area contributed by atoms with E-state index >= 15 is 0 Å². The number of rotatable bonds is 2. The summed E-state index contributed by atoms with van der Waals surface area (Å²) in [5.41, 5.74) is 4.12. The van der Waals surface area contributed by atoms with Gasteiger partial charge in [-0.15, -0.1) is 0 Å². The molecule has 22 heavy (non-hydrogen) atoms. The second-order valence-electron chi connectivity index (χ2n) is 6.88. The first-order chi connectivity index (χ1) is 10.7. The predicted octanol–water partition coefficient (Wildman–Crippen LogP) is 2.78. The molecule has 0 spiro atoms. The van der Waals surface area contributed by atoms with Crippen molar-refractivity contribution >= 4 is 0 Å². The third-order valence-electron chi connectivity index (χ3n) is 5.04. The molecule has 4 rings (SSSR count). The van der Waals surface area contributed by atoms with Crippen LogP contribution < -0.4 is 5.56 Å². The summed E-state index contributed by atoms with van der Waals surface area (Å²) in [6, 6.07) is 14.5. The fourth-order valence-corrected chi connectivity index (χ4v) is 4.19. The van der Waals surface area contributed by atoms with Crippen molar-refractivity contribution < 1.29 is 0 Å². The molecule has 2 atom stereocenters. The zero-order valence-electron chi connectivity index (χ0n) is 13.0. The summed E-state index contributed by atoms with van der Waals surface area (Å²) in [6.45, 7) is 6.22. The number of pyridine rings is 1. The molecule has 2 aromatic rings. The van der Waals surface area contributed by atoms with Gasteiger partial charge in [-0.05, 0) is 30.9 Å². The molecule has 0 N–H and O–H groups in total. The van der Waals surface area contributed by atoms with Crippen molar-refractivity contribution in [3.05, 3.63) is 69.6 Å². The number of fused-ring (bicyclic) bond motifs is 4. The van der Waals surface area contributed by atoms with Crippen LogP contribution in [0.1, 0.15) is 29.2 Å². The van der Waals surface area contributed by atoms with Crippen molar-refractivity contribution in [2.75, 3.05) is 13.1 Å². The normalized spacial score (nSPS) is 24.0. The molecule has 0 radical (unpaired) electrons. The van der Waals surface area contributed by atoms with Gasteiger partial charge >= 0.3 is 0 Å². The highest BCUT2D eigenvalue weighted by atomic mass is 16.1. The second kappa shape index (κ2) is 5.40. The zero-order valence-corrected chi connectivity index (χ0v) is 13.0. The number of hydrogen-bond acceptors (Lipinski definition) is 2. The Balaban J connectivity index is 1.57. The molecule has 2 bridgehead atoms. The van der Waals surface area contributed by atoms with Crippen LogP contribution in [0.25, 0.3) is 0 Å². The van der Waals surface area contributed by atoms with Gasteiger partial charge in [-0.3, -0.25) is 9.69 Å². The third-order valence-corrected chi connectivity index (χ3v) is 5.04. The fourth-order valence-electron chi connectivity index (χ4n) is 4.19. The van der Waals surface area contributed by atoms with Gasteiger partial charge in [-0.2, -0.15) is 0 Å². The van der Waals surface area contributed by atoms with Crippen molar-refractivity contribution in [2.24, 2.45) is 5.92 Å².